The Balaban J connectivity index is 1.98. The summed E-state index contributed by atoms with van der Waals surface area (Å²) in [5, 5.41) is 14.4. The van der Waals surface area contributed by atoms with Gasteiger partial charge in [-0.1, -0.05) is 24.3 Å². The lowest BCUT2D eigenvalue weighted by Gasteiger charge is -2.20. The number of furan rings is 1. The fourth-order valence-electron chi connectivity index (χ4n) is 2.47. The Bertz CT molecular complexity index is 634. The van der Waals surface area contributed by atoms with Crippen molar-refractivity contribution in [3.05, 3.63) is 36.3 Å². The lowest BCUT2D eigenvalue weighted by Crippen LogP contribution is -2.43. The van der Waals surface area contributed by atoms with Gasteiger partial charge in [0.05, 0.1) is 6.26 Å². The first-order valence-electron chi connectivity index (χ1n) is 6.12. The molecule has 0 saturated carbocycles. The first-order chi connectivity index (χ1) is 8.99. The van der Waals surface area contributed by atoms with Crippen molar-refractivity contribution >= 4 is 28.5 Å². The van der Waals surface area contributed by atoms with Crippen LogP contribution in [-0.4, -0.2) is 21.9 Å². The van der Waals surface area contributed by atoms with Gasteiger partial charge in [0.1, 0.15) is 17.2 Å². The molecule has 2 atom stereocenters. The van der Waals surface area contributed by atoms with Gasteiger partial charge in [-0.3, -0.25) is 10.1 Å². The number of hydrogen-bond donors (Lipinski definition) is 2. The van der Waals surface area contributed by atoms with Crippen LogP contribution in [0.15, 0.2) is 34.9 Å². The van der Waals surface area contributed by atoms with E-state index in [1.165, 1.54) is 0 Å². The molecule has 0 bridgehead atoms. The van der Waals surface area contributed by atoms with Gasteiger partial charge >= 0.3 is 5.97 Å². The highest BCUT2D eigenvalue weighted by Crippen LogP contribution is 2.47. The van der Waals surface area contributed by atoms with Crippen molar-refractivity contribution in [3.63, 3.8) is 0 Å². The van der Waals surface area contributed by atoms with Gasteiger partial charge in [0.25, 0.3) is 0 Å². The molecule has 1 aromatic heterocycles. The predicted molar refractivity (Wildman–Crippen MR) is 75.2 cm³/mol. The normalized spacial score (nSPS) is 25.8. The molecule has 2 aromatic rings. The van der Waals surface area contributed by atoms with E-state index >= 15 is 0 Å². The van der Waals surface area contributed by atoms with Gasteiger partial charge in [0.15, 0.2) is 0 Å². The van der Waals surface area contributed by atoms with Crippen LogP contribution >= 0.6 is 11.8 Å². The van der Waals surface area contributed by atoms with Gasteiger partial charge in [-0.25, -0.2) is 0 Å². The highest BCUT2D eigenvalue weighted by atomic mass is 32.2. The molecule has 2 heterocycles. The summed E-state index contributed by atoms with van der Waals surface area (Å²) in [5.41, 5.74) is 0. The molecule has 1 aliphatic heterocycles. The molecule has 0 spiro atoms. The summed E-state index contributed by atoms with van der Waals surface area (Å²) in [5.74, 6) is -0.0201. The van der Waals surface area contributed by atoms with Crippen LogP contribution in [0.1, 0.15) is 25.0 Å². The van der Waals surface area contributed by atoms with Gasteiger partial charge < -0.3 is 9.52 Å². The Morgan fingerprint density at radius 1 is 1.42 bits per heavy atom. The average Bonchev–Trinajstić information content (AvgIpc) is 2.89. The summed E-state index contributed by atoms with van der Waals surface area (Å²) in [6, 6.07) is 7.33. The molecule has 3 rings (SSSR count). The summed E-state index contributed by atoms with van der Waals surface area (Å²) < 4.78 is 5.27. The maximum atomic E-state index is 11.3. The highest BCUT2D eigenvalue weighted by molar-refractivity contribution is 8.01. The number of nitrogens with one attached hydrogen (secondary N) is 1. The Morgan fingerprint density at radius 3 is 2.84 bits per heavy atom. The highest BCUT2D eigenvalue weighted by Gasteiger charge is 2.46. The van der Waals surface area contributed by atoms with Gasteiger partial charge in [0.2, 0.25) is 0 Å². The zero-order valence-corrected chi connectivity index (χ0v) is 11.5. The van der Waals surface area contributed by atoms with Crippen LogP contribution in [0.5, 0.6) is 0 Å². The van der Waals surface area contributed by atoms with Crippen LogP contribution in [0.4, 0.5) is 0 Å². The number of carbonyl (C=O) groups is 1. The molecule has 5 heteroatoms. The quantitative estimate of drug-likeness (QED) is 0.883. The third-order valence-electron chi connectivity index (χ3n) is 3.46. The van der Waals surface area contributed by atoms with E-state index in [1.54, 1.807) is 18.0 Å². The first kappa shape index (κ1) is 12.6. The minimum absolute atomic E-state index is 0.129. The average molecular weight is 277 g/mol. The number of fused-ring (bicyclic) bond motifs is 1. The molecule has 1 fully saturated rings. The van der Waals surface area contributed by atoms with Crippen LogP contribution in [0.3, 0.4) is 0 Å². The summed E-state index contributed by atoms with van der Waals surface area (Å²) >= 11 is 1.59. The Hall–Kier alpha value is -1.46. The van der Waals surface area contributed by atoms with E-state index in [0.29, 0.717) is 0 Å². The number of hydrogen-bond acceptors (Lipinski definition) is 4. The van der Waals surface area contributed by atoms with Crippen molar-refractivity contribution in [2.45, 2.75) is 30.0 Å². The zero-order chi connectivity index (χ0) is 13.6. The van der Waals surface area contributed by atoms with Crippen molar-refractivity contribution in [3.8, 4) is 0 Å². The topological polar surface area (TPSA) is 62.5 Å². The van der Waals surface area contributed by atoms with Gasteiger partial charge in [-0.15, -0.1) is 11.8 Å². The number of rotatable bonds is 2. The van der Waals surface area contributed by atoms with E-state index < -0.39 is 12.0 Å². The van der Waals surface area contributed by atoms with Gasteiger partial charge in [-0.05, 0) is 13.8 Å². The SMILES string of the molecule is CC1(C)S[C@@H](c2occ3ccccc23)N[C@H]1C(=O)O. The van der Waals surface area contributed by atoms with Crippen molar-refractivity contribution < 1.29 is 14.3 Å². The number of aliphatic carboxylic acids is 1. The fourth-order valence-corrected chi connectivity index (χ4v) is 3.88. The third-order valence-corrected chi connectivity index (χ3v) is 4.89. The van der Waals surface area contributed by atoms with Gasteiger partial charge in [-0.2, -0.15) is 0 Å². The molecular formula is C14H15NO3S. The molecule has 1 saturated heterocycles. The van der Waals surface area contributed by atoms with Crippen molar-refractivity contribution in [2.24, 2.45) is 0 Å². The van der Waals surface area contributed by atoms with Crippen molar-refractivity contribution in [1.29, 1.82) is 0 Å². The third kappa shape index (κ3) is 2.03. The predicted octanol–water partition coefficient (Wildman–Crippen LogP) is 3.00. The molecule has 0 unspecified atom stereocenters. The van der Waals surface area contributed by atoms with E-state index in [1.807, 2.05) is 38.1 Å². The molecule has 0 amide bonds. The molecule has 1 aromatic carbocycles. The van der Waals surface area contributed by atoms with Crippen LogP contribution in [0, 0.1) is 0 Å². The number of benzene rings is 1. The van der Waals surface area contributed by atoms with E-state index in [0.717, 1.165) is 16.5 Å². The number of thioether (sulfide) groups is 1. The molecule has 0 radical (unpaired) electrons. The molecule has 1 aliphatic rings. The molecule has 0 aliphatic carbocycles. The maximum Gasteiger partial charge on any atom is 0.322 e. The Kier molecular flexibility index (Phi) is 2.83. The standard InChI is InChI=1S/C14H15NO3S/c1-14(2)11(13(16)17)15-12(19-14)10-9-6-4-3-5-8(9)7-18-10/h3-7,11-12,15H,1-2H3,(H,16,17)/t11-,12-/m0/s1. The van der Waals surface area contributed by atoms with Crippen LogP contribution < -0.4 is 5.32 Å². The Morgan fingerprint density at radius 2 is 2.16 bits per heavy atom. The zero-order valence-electron chi connectivity index (χ0n) is 10.7. The second-order valence-corrected chi connectivity index (χ2v) is 6.99. The van der Waals surface area contributed by atoms with Crippen molar-refractivity contribution in [2.75, 3.05) is 0 Å². The lowest BCUT2D eigenvalue weighted by molar-refractivity contribution is -0.139. The van der Waals surface area contributed by atoms with Crippen LogP contribution in [0.2, 0.25) is 0 Å². The summed E-state index contributed by atoms with van der Waals surface area (Å²) in [6.07, 6.45) is 1.72. The second kappa shape index (κ2) is 4.28. The van der Waals surface area contributed by atoms with E-state index in [9.17, 15) is 9.90 Å². The monoisotopic (exact) mass is 277 g/mol. The summed E-state index contributed by atoms with van der Waals surface area (Å²) in [7, 11) is 0. The van der Waals surface area contributed by atoms with E-state index in [4.69, 9.17) is 4.42 Å². The summed E-state index contributed by atoms with van der Waals surface area (Å²) in [4.78, 5) is 11.3. The molecule has 19 heavy (non-hydrogen) atoms. The second-order valence-electron chi connectivity index (χ2n) is 5.23. The van der Waals surface area contributed by atoms with Crippen LogP contribution in [0.25, 0.3) is 10.8 Å². The lowest BCUT2D eigenvalue weighted by atomic mass is 10.0. The molecule has 2 N–H and O–H groups in total. The minimum Gasteiger partial charge on any atom is -0.480 e. The largest absolute Gasteiger partial charge is 0.480 e. The first-order valence-corrected chi connectivity index (χ1v) is 7.00. The van der Waals surface area contributed by atoms with E-state index in [-0.39, 0.29) is 10.1 Å². The van der Waals surface area contributed by atoms with Gasteiger partial charge in [0, 0.05) is 15.5 Å². The minimum atomic E-state index is -0.823. The maximum absolute atomic E-state index is 11.3. The molecular weight excluding hydrogens is 262 g/mol. The molecule has 4 nitrogen and oxygen atoms in total. The van der Waals surface area contributed by atoms with Crippen LogP contribution in [-0.2, 0) is 4.79 Å². The fraction of sp³-hybridized carbons (Fsp3) is 0.357. The van der Waals surface area contributed by atoms with E-state index in [2.05, 4.69) is 5.32 Å². The smallest absolute Gasteiger partial charge is 0.322 e. The summed E-state index contributed by atoms with van der Waals surface area (Å²) in [6.45, 7) is 3.88. The van der Waals surface area contributed by atoms with Crippen molar-refractivity contribution in [1.82, 2.24) is 5.32 Å². The number of carboxylic acid groups (broad SMARTS) is 1. The number of carboxylic acids is 1. The molecule has 100 valence electrons. The Labute approximate surface area is 115 Å².